The lowest BCUT2D eigenvalue weighted by atomic mass is 10.2. The van der Waals surface area contributed by atoms with Gasteiger partial charge in [-0.15, -0.1) is 6.42 Å². The molecule has 4 nitrogen and oxygen atoms in total. The number of nitrogens with zero attached hydrogens (tertiary/aromatic N) is 2. The van der Waals surface area contributed by atoms with E-state index in [1.165, 1.54) is 0 Å². The van der Waals surface area contributed by atoms with E-state index in [2.05, 4.69) is 21.9 Å². The Bertz CT molecular complexity index is 943. The molecule has 140 valence electrons. The van der Waals surface area contributed by atoms with Gasteiger partial charge in [-0.1, -0.05) is 58.2 Å². The normalized spacial score (nSPS) is 10.5. The van der Waals surface area contributed by atoms with E-state index in [4.69, 9.17) is 21.0 Å². The maximum atomic E-state index is 5.72. The first-order chi connectivity index (χ1) is 13.7. The van der Waals surface area contributed by atoms with Gasteiger partial charge in [-0.05, 0) is 36.4 Å². The molecule has 0 fully saturated rings. The maximum Gasteiger partial charge on any atom is 0.171 e. The van der Waals surface area contributed by atoms with E-state index in [9.17, 15) is 0 Å². The molecule has 0 saturated heterocycles. The predicted octanol–water partition coefficient (Wildman–Crippen LogP) is 5.64. The molecule has 0 radical (unpaired) electrons. The highest BCUT2D eigenvalue weighted by atomic mass is 79.9. The van der Waals surface area contributed by atoms with E-state index < -0.39 is 0 Å². The van der Waals surface area contributed by atoms with Gasteiger partial charge in [0.15, 0.2) is 11.5 Å². The second-order valence-corrected chi connectivity index (χ2v) is 6.66. The molecule has 0 spiro atoms. The van der Waals surface area contributed by atoms with E-state index in [1.54, 1.807) is 13.3 Å². The third-order valence-corrected chi connectivity index (χ3v) is 4.34. The van der Waals surface area contributed by atoms with Gasteiger partial charge in [-0.2, -0.15) is 5.10 Å². The summed E-state index contributed by atoms with van der Waals surface area (Å²) in [6, 6.07) is 23.6. The molecule has 0 atom stereocenters. The second kappa shape index (κ2) is 9.63. The molecule has 3 aromatic rings. The number of ether oxygens (including phenoxy) is 2. The molecule has 0 aliphatic rings. The van der Waals surface area contributed by atoms with Gasteiger partial charge in [0.05, 0.1) is 24.7 Å². The lowest BCUT2D eigenvalue weighted by Gasteiger charge is -2.19. The summed E-state index contributed by atoms with van der Waals surface area (Å²) < 4.78 is 12.0. The number of rotatable bonds is 7. The molecule has 0 bridgehead atoms. The molecule has 3 aromatic carbocycles. The zero-order valence-corrected chi connectivity index (χ0v) is 17.0. The average Bonchev–Trinajstić information content (AvgIpc) is 2.74. The van der Waals surface area contributed by atoms with Gasteiger partial charge >= 0.3 is 0 Å². The van der Waals surface area contributed by atoms with E-state index in [-0.39, 0.29) is 6.61 Å². The number of halogens is 1. The largest absolute Gasteiger partial charge is 0.493 e. The van der Waals surface area contributed by atoms with Gasteiger partial charge in [0.2, 0.25) is 0 Å². The monoisotopic (exact) mass is 434 g/mol. The van der Waals surface area contributed by atoms with Crippen molar-refractivity contribution in [3.8, 4) is 23.8 Å². The molecular weight excluding hydrogens is 416 g/mol. The number of para-hydroxylation sites is 2. The fourth-order valence-electron chi connectivity index (χ4n) is 2.65. The summed E-state index contributed by atoms with van der Waals surface area (Å²) in [5, 5.41) is 6.58. The van der Waals surface area contributed by atoms with Crippen molar-refractivity contribution < 1.29 is 9.47 Å². The third kappa shape index (κ3) is 4.73. The molecule has 0 heterocycles. The number of terminal acetylenes is 1. The van der Waals surface area contributed by atoms with Gasteiger partial charge in [0.1, 0.15) is 6.61 Å². The van der Waals surface area contributed by atoms with Crippen LogP contribution < -0.4 is 14.5 Å². The molecule has 0 aromatic heterocycles. The van der Waals surface area contributed by atoms with Crippen molar-refractivity contribution in [2.45, 2.75) is 0 Å². The Hall–Kier alpha value is -3.23. The zero-order valence-electron chi connectivity index (χ0n) is 15.4. The Balaban J connectivity index is 2.04. The van der Waals surface area contributed by atoms with E-state index in [0.717, 1.165) is 21.4 Å². The first-order valence-electron chi connectivity index (χ1n) is 8.61. The van der Waals surface area contributed by atoms with Gasteiger partial charge in [0.25, 0.3) is 0 Å². The summed E-state index contributed by atoms with van der Waals surface area (Å²) in [6.45, 7) is 0.139. The summed E-state index contributed by atoms with van der Waals surface area (Å²) in [5.74, 6) is 3.61. The zero-order chi connectivity index (χ0) is 19.8. The minimum atomic E-state index is 0.139. The predicted molar refractivity (Wildman–Crippen MR) is 118 cm³/mol. The Labute approximate surface area is 173 Å². The van der Waals surface area contributed by atoms with E-state index >= 15 is 0 Å². The van der Waals surface area contributed by atoms with Crippen LogP contribution in [-0.2, 0) is 0 Å². The molecule has 0 aliphatic carbocycles. The van der Waals surface area contributed by atoms with Crippen LogP contribution in [0.3, 0.4) is 0 Å². The summed E-state index contributed by atoms with van der Waals surface area (Å²) in [4.78, 5) is 0. The van der Waals surface area contributed by atoms with Crippen molar-refractivity contribution >= 4 is 33.5 Å². The van der Waals surface area contributed by atoms with Crippen LogP contribution in [0.5, 0.6) is 11.5 Å². The lowest BCUT2D eigenvalue weighted by Crippen LogP contribution is -2.09. The minimum absolute atomic E-state index is 0.139. The molecule has 28 heavy (non-hydrogen) atoms. The molecule has 0 aliphatic heterocycles. The number of benzene rings is 3. The lowest BCUT2D eigenvalue weighted by molar-refractivity contribution is 0.330. The Morgan fingerprint density at radius 3 is 2.18 bits per heavy atom. The SMILES string of the molecule is C#CCOc1c(/C=N\N(c2ccccc2)c2ccccc2)cc(Br)cc1OC. The molecule has 5 heteroatoms. The molecule has 0 saturated carbocycles. The maximum absolute atomic E-state index is 5.72. The van der Waals surface area contributed by atoms with Crippen LogP contribution in [0, 0.1) is 12.3 Å². The standard InChI is InChI=1S/C23H19BrN2O2/c1-3-14-28-23-18(15-19(24)16-22(23)27-2)17-25-26(20-10-6-4-7-11-20)21-12-8-5-9-13-21/h1,4-13,15-17H,14H2,2H3/b25-17-. The van der Waals surface area contributed by atoms with E-state index in [1.807, 2.05) is 77.8 Å². The number of anilines is 2. The van der Waals surface area contributed by atoms with E-state index in [0.29, 0.717) is 11.5 Å². The van der Waals surface area contributed by atoms with Crippen LogP contribution in [0.1, 0.15) is 5.56 Å². The van der Waals surface area contributed by atoms with Crippen LogP contribution in [0.25, 0.3) is 0 Å². The number of hydrazone groups is 1. The molecule has 3 rings (SSSR count). The third-order valence-electron chi connectivity index (χ3n) is 3.88. The van der Waals surface area contributed by atoms with Crippen molar-refractivity contribution in [2.24, 2.45) is 5.10 Å². The van der Waals surface area contributed by atoms with Crippen LogP contribution in [0.4, 0.5) is 11.4 Å². The van der Waals surface area contributed by atoms with Crippen LogP contribution >= 0.6 is 15.9 Å². The van der Waals surface area contributed by atoms with Crippen molar-refractivity contribution in [1.82, 2.24) is 0 Å². The fourth-order valence-corrected chi connectivity index (χ4v) is 3.10. The summed E-state index contributed by atoms with van der Waals surface area (Å²) >= 11 is 3.50. The first-order valence-corrected chi connectivity index (χ1v) is 9.40. The highest BCUT2D eigenvalue weighted by molar-refractivity contribution is 9.10. The van der Waals surface area contributed by atoms with Crippen molar-refractivity contribution in [3.05, 3.63) is 82.8 Å². The summed E-state index contributed by atoms with van der Waals surface area (Å²) in [7, 11) is 1.59. The van der Waals surface area contributed by atoms with Gasteiger partial charge in [0, 0.05) is 10.0 Å². The second-order valence-electron chi connectivity index (χ2n) is 5.75. The van der Waals surface area contributed by atoms with Crippen LogP contribution in [0.2, 0.25) is 0 Å². The van der Waals surface area contributed by atoms with Crippen molar-refractivity contribution in [1.29, 1.82) is 0 Å². The number of hydrogen-bond donors (Lipinski definition) is 0. The first kappa shape index (κ1) is 19.5. The molecule has 0 amide bonds. The Morgan fingerprint density at radius 1 is 1.04 bits per heavy atom. The summed E-state index contributed by atoms with van der Waals surface area (Å²) in [5.41, 5.74) is 2.63. The van der Waals surface area contributed by atoms with Crippen LogP contribution in [0.15, 0.2) is 82.4 Å². The van der Waals surface area contributed by atoms with Crippen LogP contribution in [-0.4, -0.2) is 19.9 Å². The van der Waals surface area contributed by atoms with Crippen molar-refractivity contribution in [2.75, 3.05) is 18.7 Å². The molecular formula is C23H19BrN2O2. The number of methoxy groups -OCH3 is 1. The van der Waals surface area contributed by atoms with Gasteiger partial charge in [-0.25, -0.2) is 5.01 Å². The Kier molecular flexibility index (Phi) is 6.72. The number of hydrogen-bond acceptors (Lipinski definition) is 4. The average molecular weight is 435 g/mol. The fraction of sp³-hybridized carbons (Fsp3) is 0.0870. The highest BCUT2D eigenvalue weighted by Crippen LogP contribution is 2.34. The summed E-state index contributed by atoms with van der Waals surface area (Å²) in [6.07, 6.45) is 7.09. The highest BCUT2D eigenvalue weighted by Gasteiger charge is 2.13. The van der Waals surface area contributed by atoms with Gasteiger partial charge in [-0.3, -0.25) is 0 Å². The topological polar surface area (TPSA) is 34.1 Å². The minimum Gasteiger partial charge on any atom is -0.493 e. The quantitative estimate of drug-likeness (QED) is 0.274. The molecule has 0 N–H and O–H groups in total. The van der Waals surface area contributed by atoms with Crippen molar-refractivity contribution in [3.63, 3.8) is 0 Å². The smallest absolute Gasteiger partial charge is 0.171 e. The van der Waals surface area contributed by atoms with Gasteiger partial charge < -0.3 is 9.47 Å². The molecule has 0 unspecified atom stereocenters. The Morgan fingerprint density at radius 2 is 1.64 bits per heavy atom.